The Hall–Kier alpha value is -2.35. The summed E-state index contributed by atoms with van der Waals surface area (Å²) in [5.41, 5.74) is 0.934. The van der Waals surface area contributed by atoms with Crippen molar-refractivity contribution in [2.75, 3.05) is 45.2 Å². The Morgan fingerprint density at radius 3 is 2.48 bits per heavy atom. The van der Waals surface area contributed by atoms with E-state index in [1.54, 1.807) is 19.2 Å². The summed E-state index contributed by atoms with van der Waals surface area (Å²) in [5, 5.41) is 20.2. The molecule has 8 nitrogen and oxygen atoms in total. The number of nitrogens with zero attached hydrogens (tertiary/aromatic N) is 2. The molecular weight excluding hydrogens is 322 g/mol. The first-order valence-corrected chi connectivity index (χ1v) is 8.53. The van der Waals surface area contributed by atoms with Crippen LogP contribution in [0.3, 0.4) is 0 Å². The summed E-state index contributed by atoms with van der Waals surface area (Å²) in [6, 6.07) is 6.36. The molecule has 0 aliphatic heterocycles. The fourth-order valence-corrected chi connectivity index (χ4v) is 2.01. The normalized spacial score (nSPS) is 11.4. The third-order valence-corrected chi connectivity index (χ3v) is 3.26. The lowest BCUT2D eigenvalue weighted by atomic mass is 10.2. The van der Waals surface area contributed by atoms with E-state index in [0.29, 0.717) is 19.0 Å². The van der Waals surface area contributed by atoms with Gasteiger partial charge in [0.2, 0.25) is 0 Å². The van der Waals surface area contributed by atoms with Crippen molar-refractivity contribution in [1.29, 1.82) is 0 Å². The molecule has 0 unspecified atom stereocenters. The highest BCUT2D eigenvalue weighted by atomic mass is 16.6. The van der Waals surface area contributed by atoms with Gasteiger partial charge in [-0.2, -0.15) is 0 Å². The van der Waals surface area contributed by atoms with Gasteiger partial charge in [-0.3, -0.25) is 15.1 Å². The molecule has 0 aromatic heterocycles. The van der Waals surface area contributed by atoms with Crippen LogP contribution >= 0.6 is 0 Å². The predicted octanol–water partition coefficient (Wildman–Crippen LogP) is 2.23. The smallest absolute Gasteiger partial charge is 0.269 e. The molecule has 0 saturated carbocycles. The van der Waals surface area contributed by atoms with Crippen molar-refractivity contribution in [3.8, 4) is 0 Å². The molecule has 0 fully saturated rings. The van der Waals surface area contributed by atoms with Crippen molar-refractivity contribution >= 4 is 17.3 Å². The molecule has 140 valence electrons. The van der Waals surface area contributed by atoms with E-state index in [2.05, 4.69) is 34.8 Å². The molecule has 0 saturated heterocycles. The SMILES string of the molecule is CN=C(NCCCOCC(C)C)NCCNc1ccc([N+](=O)[O-])cc1. The van der Waals surface area contributed by atoms with Crippen LogP contribution in [0, 0.1) is 16.0 Å². The largest absolute Gasteiger partial charge is 0.383 e. The summed E-state index contributed by atoms with van der Waals surface area (Å²) >= 11 is 0. The minimum Gasteiger partial charge on any atom is -0.383 e. The average Bonchev–Trinajstić information content (AvgIpc) is 2.59. The van der Waals surface area contributed by atoms with Crippen LogP contribution in [0.4, 0.5) is 11.4 Å². The second-order valence-corrected chi connectivity index (χ2v) is 5.98. The van der Waals surface area contributed by atoms with Crippen molar-refractivity contribution in [2.24, 2.45) is 10.9 Å². The number of hydrogen-bond acceptors (Lipinski definition) is 5. The quantitative estimate of drug-likeness (QED) is 0.186. The van der Waals surface area contributed by atoms with Crippen LogP contribution in [-0.4, -0.2) is 50.8 Å². The van der Waals surface area contributed by atoms with Gasteiger partial charge >= 0.3 is 0 Å². The Morgan fingerprint density at radius 1 is 1.20 bits per heavy atom. The molecule has 0 spiro atoms. The van der Waals surface area contributed by atoms with Crippen LogP contribution in [0.5, 0.6) is 0 Å². The second-order valence-electron chi connectivity index (χ2n) is 5.98. The molecule has 0 aliphatic rings. The lowest BCUT2D eigenvalue weighted by molar-refractivity contribution is -0.384. The van der Waals surface area contributed by atoms with E-state index in [9.17, 15) is 10.1 Å². The van der Waals surface area contributed by atoms with Gasteiger partial charge in [0.25, 0.3) is 5.69 Å². The van der Waals surface area contributed by atoms with Crippen LogP contribution in [0.1, 0.15) is 20.3 Å². The highest BCUT2D eigenvalue weighted by molar-refractivity contribution is 5.79. The summed E-state index contributed by atoms with van der Waals surface area (Å²) < 4.78 is 5.53. The van der Waals surface area contributed by atoms with Crippen LogP contribution in [0.25, 0.3) is 0 Å². The number of nitro groups is 1. The number of nitro benzene ring substituents is 1. The van der Waals surface area contributed by atoms with Gasteiger partial charge in [-0.05, 0) is 24.5 Å². The number of hydrogen-bond donors (Lipinski definition) is 3. The summed E-state index contributed by atoms with van der Waals surface area (Å²) in [4.78, 5) is 14.4. The number of anilines is 1. The summed E-state index contributed by atoms with van der Waals surface area (Å²) in [6.45, 7) is 7.96. The molecule has 3 N–H and O–H groups in total. The Kier molecular flexibility index (Phi) is 10.00. The van der Waals surface area contributed by atoms with Crippen molar-refractivity contribution in [3.63, 3.8) is 0 Å². The predicted molar refractivity (Wildman–Crippen MR) is 101 cm³/mol. The zero-order chi connectivity index (χ0) is 18.5. The van der Waals surface area contributed by atoms with E-state index < -0.39 is 4.92 Å². The molecule has 0 heterocycles. The average molecular weight is 351 g/mol. The van der Waals surface area contributed by atoms with Crippen molar-refractivity contribution in [3.05, 3.63) is 34.4 Å². The van der Waals surface area contributed by atoms with Gasteiger partial charge in [-0.15, -0.1) is 0 Å². The number of benzene rings is 1. The van der Waals surface area contributed by atoms with E-state index in [1.165, 1.54) is 12.1 Å². The maximum atomic E-state index is 10.6. The lowest BCUT2D eigenvalue weighted by Crippen LogP contribution is -2.40. The molecule has 0 aliphatic carbocycles. The van der Waals surface area contributed by atoms with Crippen molar-refractivity contribution in [2.45, 2.75) is 20.3 Å². The van der Waals surface area contributed by atoms with Crippen LogP contribution in [0.2, 0.25) is 0 Å². The third-order valence-electron chi connectivity index (χ3n) is 3.26. The van der Waals surface area contributed by atoms with E-state index in [1.807, 2.05) is 0 Å². The fourth-order valence-electron chi connectivity index (χ4n) is 2.01. The molecule has 8 heteroatoms. The van der Waals surface area contributed by atoms with Gasteiger partial charge in [-0.1, -0.05) is 13.8 Å². The molecule has 0 amide bonds. The first kappa shape index (κ1) is 20.7. The molecule has 1 aromatic rings. The highest BCUT2D eigenvalue weighted by Crippen LogP contribution is 2.14. The van der Waals surface area contributed by atoms with Crippen LogP contribution in [0.15, 0.2) is 29.3 Å². The molecular formula is C17H29N5O3. The van der Waals surface area contributed by atoms with E-state index in [4.69, 9.17) is 4.74 Å². The van der Waals surface area contributed by atoms with Gasteiger partial charge in [0.1, 0.15) is 0 Å². The minimum atomic E-state index is -0.408. The zero-order valence-corrected chi connectivity index (χ0v) is 15.2. The van der Waals surface area contributed by atoms with Gasteiger partial charge in [0.05, 0.1) is 4.92 Å². The van der Waals surface area contributed by atoms with Gasteiger partial charge in [0.15, 0.2) is 5.96 Å². The standard InChI is InChI=1S/C17H29N5O3/c1-14(2)13-25-12-4-9-20-17(18-3)21-11-10-19-15-5-7-16(8-6-15)22(23)24/h5-8,14,19H,4,9-13H2,1-3H3,(H2,18,20,21). The van der Waals surface area contributed by atoms with Crippen molar-refractivity contribution in [1.82, 2.24) is 10.6 Å². The van der Waals surface area contributed by atoms with E-state index in [-0.39, 0.29) is 5.69 Å². The summed E-state index contributed by atoms with van der Waals surface area (Å²) in [5.74, 6) is 1.31. The minimum absolute atomic E-state index is 0.0886. The molecule has 1 aromatic carbocycles. The Balaban J connectivity index is 2.13. The van der Waals surface area contributed by atoms with E-state index >= 15 is 0 Å². The first-order valence-electron chi connectivity index (χ1n) is 8.53. The Morgan fingerprint density at radius 2 is 1.88 bits per heavy atom. The van der Waals surface area contributed by atoms with Gasteiger partial charge in [-0.25, -0.2) is 0 Å². The maximum absolute atomic E-state index is 10.6. The van der Waals surface area contributed by atoms with Gasteiger partial charge < -0.3 is 20.7 Å². The zero-order valence-electron chi connectivity index (χ0n) is 15.2. The number of ether oxygens (including phenoxy) is 1. The summed E-state index contributed by atoms with van der Waals surface area (Å²) in [6.07, 6.45) is 0.925. The summed E-state index contributed by atoms with van der Waals surface area (Å²) in [7, 11) is 1.73. The monoisotopic (exact) mass is 351 g/mol. The van der Waals surface area contributed by atoms with Crippen molar-refractivity contribution < 1.29 is 9.66 Å². The fraction of sp³-hybridized carbons (Fsp3) is 0.588. The number of guanidine groups is 1. The van der Waals surface area contributed by atoms with Crippen LogP contribution in [-0.2, 0) is 4.74 Å². The van der Waals surface area contributed by atoms with E-state index in [0.717, 1.165) is 37.8 Å². The van der Waals surface area contributed by atoms with Gasteiger partial charge in [0, 0.05) is 57.7 Å². The van der Waals surface area contributed by atoms with Crippen LogP contribution < -0.4 is 16.0 Å². The number of rotatable bonds is 11. The number of aliphatic imine (C=N–C) groups is 1. The lowest BCUT2D eigenvalue weighted by Gasteiger charge is -2.13. The highest BCUT2D eigenvalue weighted by Gasteiger charge is 2.03. The molecule has 0 radical (unpaired) electrons. The number of nitrogens with one attached hydrogen (secondary N) is 3. The third kappa shape index (κ3) is 9.51. The Bertz CT molecular complexity index is 532. The molecule has 25 heavy (non-hydrogen) atoms. The maximum Gasteiger partial charge on any atom is 0.269 e. The second kappa shape index (κ2) is 12.1. The molecule has 0 bridgehead atoms. The molecule has 1 rings (SSSR count). The topological polar surface area (TPSA) is 101 Å². The first-order chi connectivity index (χ1) is 12.0. The number of non-ortho nitro benzene ring substituents is 1. The Labute approximate surface area is 149 Å². The molecule has 0 atom stereocenters.